The van der Waals surface area contributed by atoms with Gasteiger partial charge < -0.3 is 10.2 Å². The fraction of sp³-hybridized carbons (Fsp3) is 0.429. The molecule has 1 N–H and O–H groups in total. The van der Waals surface area contributed by atoms with Crippen molar-refractivity contribution >= 4 is 11.8 Å². The van der Waals surface area contributed by atoms with Gasteiger partial charge in [-0.15, -0.1) is 0 Å². The van der Waals surface area contributed by atoms with Crippen LogP contribution >= 0.6 is 0 Å². The van der Waals surface area contributed by atoms with Gasteiger partial charge in [0.15, 0.2) is 0 Å². The molecule has 0 aromatic heterocycles. The fourth-order valence-corrected chi connectivity index (χ4v) is 1.70. The zero-order chi connectivity index (χ0) is 13.4. The van der Waals surface area contributed by atoms with Crippen LogP contribution in [0.3, 0.4) is 0 Å². The maximum absolute atomic E-state index is 11.5. The highest BCUT2D eigenvalue weighted by Crippen LogP contribution is 2.01. The van der Waals surface area contributed by atoms with E-state index in [1.807, 2.05) is 30.3 Å². The van der Waals surface area contributed by atoms with E-state index in [1.54, 1.807) is 11.8 Å². The summed E-state index contributed by atoms with van der Waals surface area (Å²) in [5, 5.41) is 2.70. The second kappa shape index (κ2) is 7.48. The molecule has 0 bridgehead atoms. The van der Waals surface area contributed by atoms with E-state index in [0.29, 0.717) is 19.6 Å². The lowest BCUT2D eigenvalue weighted by Gasteiger charge is -2.21. The molecule has 1 aromatic carbocycles. The van der Waals surface area contributed by atoms with Gasteiger partial charge in [-0.2, -0.15) is 0 Å². The van der Waals surface area contributed by atoms with Crippen LogP contribution < -0.4 is 5.32 Å². The number of rotatable bonds is 6. The minimum Gasteiger partial charge on any atom is -0.355 e. The third kappa shape index (κ3) is 5.48. The minimum atomic E-state index is -0.0680. The molecule has 0 spiro atoms. The SMILES string of the molecule is CC(=O)NCCN(CCc1ccccc1)C(C)=O. The molecule has 98 valence electrons. The first-order valence-electron chi connectivity index (χ1n) is 6.13. The summed E-state index contributed by atoms with van der Waals surface area (Å²) >= 11 is 0. The van der Waals surface area contributed by atoms with Crippen molar-refractivity contribution in [2.45, 2.75) is 20.3 Å². The summed E-state index contributed by atoms with van der Waals surface area (Å²) in [5.74, 6) is -0.0298. The van der Waals surface area contributed by atoms with Crippen molar-refractivity contribution in [1.82, 2.24) is 10.2 Å². The zero-order valence-corrected chi connectivity index (χ0v) is 11.0. The lowest BCUT2D eigenvalue weighted by molar-refractivity contribution is -0.129. The molecule has 0 fully saturated rings. The number of hydrogen-bond acceptors (Lipinski definition) is 2. The van der Waals surface area contributed by atoms with Crippen molar-refractivity contribution in [2.24, 2.45) is 0 Å². The molecule has 0 aliphatic carbocycles. The van der Waals surface area contributed by atoms with Crippen LogP contribution in [0.4, 0.5) is 0 Å². The molecule has 4 heteroatoms. The van der Waals surface area contributed by atoms with E-state index in [-0.39, 0.29) is 11.8 Å². The smallest absolute Gasteiger partial charge is 0.219 e. The van der Waals surface area contributed by atoms with Gasteiger partial charge in [0.05, 0.1) is 0 Å². The van der Waals surface area contributed by atoms with Gasteiger partial charge in [-0.05, 0) is 12.0 Å². The summed E-state index contributed by atoms with van der Waals surface area (Å²) in [7, 11) is 0. The minimum absolute atomic E-state index is 0.0382. The molecule has 0 unspecified atom stereocenters. The second-order valence-electron chi connectivity index (χ2n) is 4.22. The molecule has 0 saturated heterocycles. The van der Waals surface area contributed by atoms with Crippen LogP contribution in [-0.4, -0.2) is 36.3 Å². The summed E-state index contributed by atoms with van der Waals surface area (Å²) in [6.07, 6.45) is 0.834. The highest BCUT2D eigenvalue weighted by molar-refractivity contribution is 5.74. The molecule has 4 nitrogen and oxygen atoms in total. The molecular weight excluding hydrogens is 228 g/mol. The van der Waals surface area contributed by atoms with Crippen molar-refractivity contribution in [3.63, 3.8) is 0 Å². The van der Waals surface area contributed by atoms with Crippen LogP contribution in [0.15, 0.2) is 30.3 Å². The third-order valence-electron chi connectivity index (χ3n) is 2.71. The van der Waals surface area contributed by atoms with Gasteiger partial charge >= 0.3 is 0 Å². The third-order valence-corrected chi connectivity index (χ3v) is 2.71. The van der Waals surface area contributed by atoms with E-state index in [0.717, 1.165) is 6.42 Å². The van der Waals surface area contributed by atoms with Gasteiger partial charge in [0.25, 0.3) is 0 Å². The Kier molecular flexibility index (Phi) is 5.91. The number of benzene rings is 1. The largest absolute Gasteiger partial charge is 0.355 e. The number of amides is 2. The van der Waals surface area contributed by atoms with E-state index < -0.39 is 0 Å². The summed E-state index contributed by atoms with van der Waals surface area (Å²) in [6.45, 7) is 4.77. The Bertz CT molecular complexity index is 390. The average molecular weight is 248 g/mol. The van der Waals surface area contributed by atoms with Crippen molar-refractivity contribution in [2.75, 3.05) is 19.6 Å². The molecule has 0 aliphatic rings. The van der Waals surface area contributed by atoms with Gasteiger partial charge in [-0.3, -0.25) is 9.59 Å². The predicted octanol–water partition coefficient (Wildman–Crippen LogP) is 1.21. The quantitative estimate of drug-likeness (QED) is 0.822. The number of carbonyl (C=O) groups excluding carboxylic acids is 2. The molecular formula is C14H20N2O2. The van der Waals surface area contributed by atoms with Gasteiger partial charge in [-0.1, -0.05) is 30.3 Å². The normalized spacial score (nSPS) is 9.89. The van der Waals surface area contributed by atoms with Crippen LogP contribution in [0.2, 0.25) is 0 Å². The predicted molar refractivity (Wildman–Crippen MR) is 71.1 cm³/mol. The Balaban J connectivity index is 2.38. The summed E-state index contributed by atoms with van der Waals surface area (Å²) < 4.78 is 0. The van der Waals surface area contributed by atoms with Gasteiger partial charge in [-0.25, -0.2) is 0 Å². The molecule has 1 aromatic rings. The van der Waals surface area contributed by atoms with Gasteiger partial charge in [0.2, 0.25) is 11.8 Å². The lowest BCUT2D eigenvalue weighted by atomic mass is 10.1. The standard InChI is InChI=1S/C14H20N2O2/c1-12(17)15-9-11-16(13(2)18)10-8-14-6-4-3-5-7-14/h3-7H,8-11H2,1-2H3,(H,15,17). The van der Waals surface area contributed by atoms with E-state index in [1.165, 1.54) is 12.5 Å². The van der Waals surface area contributed by atoms with Crippen molar-refractivity contribution in [1.29, 1.82) is 0 Å². The highest BCUT2D eigenvalue weighted by Gasteiger charge is 2.08. The maximum atomic E-state index is 11.5. The highest BCUT2D eigenvalue weighted by atomic mass is 16.2. The molecule has 2 amide bonds. The molecule has 0 aliphatic heterocycles. The second-order valence-corrected chi connectivity index (χ2v) is 4.22. The van der Waals surface area contributed by atoms with E-state index in [9.17, 15) is 9.59 Å². The van der Waals surface area contributed by atoms with Crippen molar-refractivity contribution < 1.29 is 9.59 Å². The zero-order valence-electron chi connectivity index (χ0n) is 11.0. The van der Waals surface area contributed by atoms with Crippen molar-refractivity contribution in [3.8, 4) is 0 Å². The first-order valence-corrected chi connectivity index (χ1v) is 6.13. The Hall–Kier alpha value is -1.84. The van der Waals surface area contributed by atoms with Crippen LogP contribution in [0.25, 0.3) is 0 Å². The molecule has 0 atom stereocenters. The Labute approximate surface area is 108 Å². The molecule has 0 radical (unpaired) electrons. The van der Waals surface area contributed by atoms with E-state index >= 15 is 0 Å². The van der Waals surface area contributed by atoms with Gasteiger partial charge in [0.1, 0.15) is 0 Å². The average Bonchev–Trinajstić information content (AvgIpc) is 2.34. The van der Waals surface area contributed by atoms with Crippen molar-refractivity contribution in [3.05, 3.63) is 35.9 Å². The maximum Gasteiger partial charge on any atom is 0.219 e. The molecule has 18 heavy (non-hydrogen) atoms. The monoisotopic (exact) mass is 248 g/mol. The number of nitrogens with zero attached hydrogens (tertiary/aromatic N) is 1. The van der Waals surface area contributed by atoms with Crippen LogP contribution in [0.1, 0.15) is 19.4 Å². The van der Waals surface area contributed by atoms with Crippen LogP contribution in [0.5, 0.6) is 0 Å². The first-order chi connectivity index (χ1) is 8.59. The van der Waals surface area contributed by atoms with Crippen LogP contribution in [-0.2, 0) is 16.0 Å². The molecule has 0 heterocycles. The molecule has 1 rings (SSSR count). The van der Waals surface area contributed by atoms with E-state index in [2.05, 4.69) is 5.32 Å². The summed E-state index contributed by atoms with van der Waals surface area (Å²) in [6, 6.07) is 10.1. The Morgan fingerprint density at radius 1 is 1.11 bits per heavy atom. The number of hydrogen-bond donors (Lipinski definition) is 1. The number of nitrogens with one attached hydrogen (secondary N) is 1. The van der Waals surface area contributed by atoms with Gasteiger partial charge in [0, 0.05) is 33.5 Å². The Morgan fingerprint density at radius 2 is 1.78 bits per heavy atom. The lowest BCUT2D eigenvalue weighted by Crippen LogP contribution is -2.38. The topological polar surface area (TPSA) is 49.4 Å². The fourth-order valence-electron chi connectivity index (χ4n) is 1.70. The number of carbonyl (C=O) groups is 2. The summed E-state index contributed by atoms with van der Waals surface area (Å²) in [4.78, 5) is 24.0. The Morgan fingerprint density at radius 3 is 2.33 bits per heavy atom. The summed E-state index contributed by atoms with van der Waals surface area (Å²) in [5.41, 5.74) is 1.21. The molecule has 0 saturated carbocycles. The first kappa shape index (κ1) is 14.2. The van der Waals surface area contributed by atoms with E-state index in [4.69, 9.17) is 0 Å². The van der Waals surface area contributed by atoms with Crippen LogP contribution in [0, 0.1) is 0 Å².